The van der Waals surface area contributed by atoms with Gasteiger partial charge in [-0.1, -0.05) is 30.0 Å². The van der Waals surface area contributed by atoms with Crippen molar-refractivity contribution in [3.63, 3.8) is 0 Å². The van der Waals surface area contributed by atoms with Crippen LogP contribution >= 0.6 is 11.8 Å². The third-order valence-corrected chi connectivity index (χ3v) is 4.94. The van der Waals surface area contributed by atoms with E-state index in [4.69, 9.17) is 0 Å². The van der Waals surface area contributed by atoms with Gasteiger partial charge in [-0.15, -0.1) is 0 Å². The number of nitrogens with zero attached hydrogens (tertiary/aromatic N) is 3. The molecule has 4 nitrogen and oxygen atoms in total. The summed E-state index contributed by atoms with van der Waals surface area (Å²) in [6, 6.07) is 10.3. The molecule has 1 aliphatic heterocycles. The fourth-order valence-electron chi connectivity index (χ4n) is 2.58. The number of carbonyl (C=O) groups is 1. The molecule has 0 aliphatic carbocycles. The summed E-state index contributed by atoms with van der Waals surface area (Å²) in [5, 5.41) is 0.709. The van der Waals surface area contributed by atoms with E-state index < -0.39 is 0 Å². The predicted molar refractivity (Wildman–Crippen MR) is 94.4 cm³/mol. The molecule has 0 spiro atoms. The van der Waals surface area contributed by atoms with E-state index in [1.807, 2.05) is 19.1 Å². The molecule has 1 aliphatic rings. The van der Waals surface area contributed by atoms with Crippen molar-refractivity contribution in [2.24, 2.45) is 4.99 Å². The van der Waals surface area contributed by atoms with Crippen LogP contribution in [0, 0.1) is 5.82 Å². The van der Waals surface area contributed by atoms with E-state index in [0.29, 0.717) is 17.3 Å². The van der Waals surface area contributed by atoms with E-state index in [0.717, 1.165) is 11.3 Å². The number of rotatable bonds is 4. The third kappa shape index (κ3) is 3.64. The maximum Gasteiger partial charge on any atom is 0.233 e. The Morgan fingerprint density at radius 3 is 2.75 bits per heavy atom. The van der Waals surface area contributed by atoms with Crippen LogP contribution in [-0.2, 0) is 11.2 Å². The zero-order chi connectivity index (χ0) is 16.9. The van der Waals surface area contributed by atoms with E-state index in [1.165, 1.54) is 6.07 Å². The van der Waals surface area contributed by atoms with Crippen LogP contribution in [0.5, 0.6) is 0 Å². The number of aliphatic imine (C=N–C) groups is 1. The molecule has 1 atom stereocenters. The highest BCUT2D eigenvalue weighted by Gasteiger charge is 2.27. The molecule has 1 unspecified atom stereocenters. The molecule has 0 N–H and O–H groups in total. The standard InChI is InChI=1S/C18H18FN3OS/c1-2-22(17(23)11-14-5-3-4-6-15(14)19)18-21-16(12-24-18)13-7-9-20-10-8-13/h3-10,16H,2,11-12H2,1H3. The van der Waals surface area contributed by atoms with Crippen molar-refractivity contribution in [1.29, 1.82) is 0 Å². The second-order valence-corrected chi connectivity index (χ2v) is 6.41. The number of amides is 1. The Bertz CT molecular complexity index is 751. The van der Waals surface area contributed by atoms with Gasteiger partial charge >= 0.3 is 0 Å². The van der Waals surface area contributed by atoms with Gasteiger partial charge in [0, 0.05) is 24.7 Å². The van der Waals surface area contributed by atoms with Crippen LogP contribution in [0.1, 0.15) is 24.1 Å². The maximum absolute atomic E-state index is 13.8. The summed E-state index contributed by atoms with van der Waals surface area (Å²) in [6.07, 6.45) is 3.53. The minimum absolute atomic E-state index is 0.0308. The lowest BCUT2D eigenvalue weighted by Crippen LogP contribution is -2.35. The molecule has 1 aromatic heterocycles. The SMILES string of the molecule is CCN(C(=O)Cc1ccccc1F)C1=NC(c2ccncc2)CS1. The Balaban J connectivity index is 1.74. The number of likely N-dealkylation sites (N-methyl/N-ethyl adjacent to an activating group) is 1. The van der Waals surface area contributed by atoms with Gasteiger partial charge in [-0.3, -0.25) is 19.7 Å². The molecule has 6 heteroatoms. The van der Waals surface area contributed by atoms with Crippen molar-refractivity contribution in [2.45, 2.75) is 19.4 Å². The molecule has 1 aromatic carbocycles. The largest absolute Gasteiger partial charge is 0.292 e. The number of aromatic nitrogens is 1. The van der Waals surface area contributed by atoms with Gasteiger partial charge < -0.3 is 0 Å². The molecule has 124 valence electrons. The lowest BCUT2D eigenvalue weighted by molar-refractivity contribution is -0.126. The number of hydrogen-bond acceptors (Lipinski definition) is 4. The minimum atomic E-state index is -0.349. The van der Waals surface area contributed by atoms with Crippen molar-refractivity contribution in [3.8, 4) is 0 Å². The highest BCUT2D eigenvalue weighted by atomic mass is 32.2. The van der Waals surface area contributed by atoms with Crippen LogP contribution in [0.15, 0.2) is 53.8 Å². The quantitative estimate of drug-likeness (QED) is 0.854. The third-order valence-electron chi connectivity index (χ3n) is 3.88. The van der Waals surface area contributed by atoms with Gasteiger partial charge in [-0.2, -0.15) is 0 Å². The van der Waals surface area contributed by atoms with Gasteiger partial charge in [-0.05, 0) is 36.2 Å². The maximum atomic E-state index is 13.8. The van der Waals surface area contributed by atoms with Crippen LogP contribution in [0.25, 0.3) is 0 Å². The molecular weight excluding hydrogens is 325 g/mol. The highest BCUT2D eigenvalue weighted by molar-refractivity contribution is 8.14. The number of pyridine rings is 1. The van der Waals surface area contributed by atoms with Crippen molar-refractivity contribution < 1.29 is 9.18 Å². The fraction of sp³-hybridized carbons (Fsp3) is 0.278. The summed E-state index contributed by atoms with van der Waals surface area (Å²) < 4.78 is 13.8. The number of amidine groups is 1. The van der Waals surface area contributed by atoms with Crippen LogP contribution in [0.4, 0.5) is 4.39 Å². The van der Waals surface area contributed by atoms with Crippen LogP contribution in [0.2, 0.25) is 0 Å². The van der Waals surface area contributed by atoms with Gasteiger partial charge in [0.1, 0.15) is 5.82 Å². The molecule has 3 rings (SSSR count). The van der Waals surface area contributed by atoms with E-state index in [1.54, 1.807) is 47.3 Å². The Morgan fingerprint density at radius 2 is 2.04 bits per heavy atom. The van der Waals surface area contributed by atoms with Gasteiger partial charge in [0.15, 0.2) is 5.17 Å². The van der Waals surface area contributed by atoms with Gasteiger partial charge in [-0.25, -0.2) is 4.39 Å². The van der Waals surface area contributed by atoms with E-state index in [9.17, 15) is 9.18 Å². The second kappa shape index (κ2) is 7.57. The zero-order valence-corrected chi connectivity index (χ0v) is 14.2. The van der Waals surface area contributed by atoms with Crippen molar-refractivity contribution in [2.75, 3.05) is 12.3 Å². The number of hydrogen-bond donors (Lipinski definition) is 0. The first-order chi connectivity index (χ1) is 11.7. The van der Waals surface area contributed by atoms with Crippen LogP contribution < -0.4 is 0 Å². The summed E-state index contributed by atoms with van der Waals surface area (Å²) in [4.78, 5) is 22.9. The van der Waals surface area contributed by atoms with Gasteiger partial charge in [0.25, 0.3) is 0 Å². The van der Waals surface area contributed by atoms with Crippen LogP contribution in [-0.4, -0.2) is 33.3 Å². The first-order valence-electron chi connectivity index (χ1n) is 7.83. The molecule has 24 heavy (non-hydrogen) atoms. The zero-order valence-electron chi connectivity index (χ0n) is 13.4. The van der Waals surface area contributed by atoms with E-state index >= 15 is 0 Å². The first kappa shape index (κ1) is 16.6. The van der Waals surface area contributed by atoms with Gasteiger partial charge in [0.05, 0.1) is 12.5 Å². The number of thioether (sulfide) groups is 1. The van der Waals surface area contributed by atoms with Crippen molar-refractivity contribution >= 4 is 22.8 Å². The summed E-state index contributed by atoms with van der Waals surface area (Å²) in [6.45, 7) is 2.42. The summed E-state index contributed by atoms with van der Waals surface area (Å²) in [7, 11) is 0. The van der Waals surface area contributed by atoms with Gasteiger partial charge in [0.2, 0.25) is 5.91 Å². The molecule has 0 fully saturated rings. The second-order valence-electron chi connectivity index (χ2n) is 5.43. The molecule has 0 radical (unpaired) electrons. The lowest BCUT2D eigenvalue weighted by Gasteiger charge is -2.20. The summed E-state index contributed by atoms with van der Waals surface area (Å²) in [5.41, 5.74) is 1.50. The van der Waals surface area contributed by atoms with Crippen molar-refractivity contribution in [1.82, 2.24) is 9.88 Å². The molecule has 2 aromatic rings. The fourth-order valence-corrected chi connectivity index (χ4v) is 3.75. The first-order valence-corrected chi connectivity index (χ1v) is 8.82. The molecule has 0 saturated heterocycles. The monoisotopic (exact) mass is 343 g/mol. The summed E-state index contributed by atoms with van der Waals surface area (Å²) in [5.74, 6) is 0.310. The Kier molecular flexibility index (Phi) is 5.25. The Morgan fingerprint density at radius 1 is 1.29 bits per heavy atom. The molecule has 2 heterocycles. The average Bonchev–Trinajstić information content (AvgIpc) is 3.08. The number of halogens is 1. The Labute approximate surface area is 144 Å². The molecule has 0 saturated carbocycles. The molecular formula is C18H18FN3OS. The summed E-state index contributed by atoms with van der Waals surface area (Å²) >= 11 is 1.56. The topological polar surface area (TPSA) is 45.6 Å². The molecule has 0 bridgehead atoms. The van der Waals surface area contributed by atoms with E-state index in [2.05, 4.69) is 9.98 Å². The molecule has 1 amide bonds. The Hall–Kier alpha value is -2.21. The normalized spacial score (nSPS) is 16.8. The predicted octanol–water partition coefficient (Wildman–Crippen LogP) is 3.46. The lowest BCUT2D eigenvalue weighted by atomic mass is 10.1. The minimum Gasteiger partial charge on any atom is -0.292 e. The smallest absolute Gasteiger partial charge is 0.233 e. The number of benzene rings is 1. The van der Waals surface area contributed by atoms with Crippen molar-refractivity contribution in [3.05, 3.63) is 65.7 Å². The number of carbonyl (C=O) groups excluding carboxylic acids is 1. The average molecular weight is 343 g/mol. The van der Waals surface area contributed by atoms with E-state index in [-0.39, 0.29) is 24.2 Å². The highest BCUT2D eigenvalue weighted by Crippen LogP contribution is 2.31. The van der Waals surface area contributed by atoms with Crippen LogP contribution in [0.3, 0.4) is 0 Å².